The van der Waals surface area contributed by atoms with Crippen molar-refractivity contribution < 1.29 is 29.0 Å². The maximum atomic E-state index is 14.2. The van der Waals surface area contributed by atoms with Gasteiger partial charge in [-0.05, 0) is 44.4 Å². The fourth-order valence-corrected chi connectivity index (χ4v) is 6.29. The summed E-state index contributed by atoms with van der Waals surface area (Å²) in [6.07, 6.45) is 9.04. The Labute approximate surface area is 209 Å². The zero-order valence-corrected chi connectivity index (χ0v) is 20.3. The van der Waals surface area contributed by atoms with Crippen LogP contribution in [0.4, 0.5) is 5.69 Å². The van der Waals surface area contributed by atoms with E-state index in [-0.39, 0.29) is 31.6 Å². The first-order valence-electron chi connectivity index (χ1n) is 12.0. The Morgan fingerprint density at radius 2 is 1.86 bits per heavy atom. The first-order valence-corrected chi connectivity index (χ1v) is 12.4. The number of benzene rings is 1. The minimum Gasteiger partial charge on any atom is -0.461 e. The molecule has 5 rings (SSSR count). The maximum absolute atomic E-state index is 14.2. The molecule has 4 heterocycles. The quantitative estimate of drug-likeness (QED) is 0.366. The van der Waals surface area contributed by atoms with Crippen LogP contribution in [0.5, 0.6) is 0 Å². The zero-order valence-electron chi connectivity index (χ0n) is 19.6. The van der Waals surface area contributed by atoms with Gasteiger partial charge in [-0.25, -0.2) is 0 Å². The lowest BCUT2D eigenvalue weighted by molar-refractivity contribution is -0.156. The molecule has 0 radical (unpaired) electrons. The van der Waals surface area contributed by atoms with Gasteiger partial charge in [0.2, 0.25) is 5.91 Å². The highest BCUT2D eigenvalue weighted by Gasteiger charge is 2.74. The number of ether oxygens (including phenoxy) is 2. The van der Waals surface area contributed by atoms with Crippen LogP contribution in [0.15, 0.2) is 48.6 Å². The Morgan fingerprint density at radius 1 is 1.06 bits per heavy atom. The molecule has 2 saturated heterocycles. The average molecular weight is 501 g/mol. The molecule has 8 nitrogen and oxygen atoms in total. The summed E-state index contributed by atoms with van der Waals surface area (Å²) in [5.41, 5.74) is -1.85. The first kappa shape index (κ1) is 24.0. The van der Waals surface area contributed by atoms with Gasteiger partial charge in [0.05, 0.1) is 22.2 Å². The van der Waals surface area contributed by atoms with Gasteiger partial charge in [-0.3, -0.25) is 14.4 Å². The summed E-state index contributed by atoms with van der Waals surface area (Å²) in [6, 6.07) is 6.12. The minimum atomic E-state index is -1.32. The van der Waals surface area contributed by atoms with Crippen molar-refractivity contribution in [3.63, 3.8) is 0 Å². The number of para-hydroxylation sites is 1. The number of nitrogens with zero attached hydrogens (tertiary/aromatic N) is 2. The molecule has 1 aromatic rings. The molecule has 1 unspecified atom stereocenters. The van der Waals surface area contributed by atoms with Crippen LogP contribution in [0.2, 0.25) is 5.02 Å². The van der Waals surface area contributed by atoms with E-state index in [1.54, 1.807) is 59.2 Å². The van der Waals surface area contributed by atoms with Crippen LogP contribution in [0.3, 0.4) is 0 Å². The standard InChI is InChI=1S/C26H29ClN2O6/c1-25-11-8-16-34-24(33)20(25)19-22(31)29(13-5-2-6-15-30)21-23(32)28(14-7-12-26(19,21)35-25)18-10-4-3-9-17(18)27/h3-4,7-12,19-21,30H,2,5-6,13-16H2,1H3/t19-,20+,21?,25-,26-/m0/s1. The number of fused-ring (bicyclic) bond motifs is 2. The SMILES string of the molecule is C[C@]12C=CCOC(=O)[C@H]1[C@H]1C(=O)N(CCCCCO)C3C(=O)N(c4ccccc4Cl)CC=C[C@@]31O2. The number of halogens is 1. The third-order valence-corrected chi connectivity index (χ3v) is 7.83. The predicted octanol–water partition coefficient (Wildman–Crippen LogP) is 2.49. The molecular formula is C26H29ClN2O6. The molecule has 1 spiro atoms. The van der Waals surface area contributed by atoms with Crippen LogP contribution in [-0.2, 0) is 23.9 Å². The van der Waals surface area contributed by atoms with E-state index in [2.05, 4.69) is 0 Å². The predicted molar refractivity (Wildman–Crippen MR) is 129 cm³/mol. The molecule has 1 N–H and O–H groups in total. The number of hydrogen-bond donors (Lipinski definition) is 1. The van der Waals surface area contributed by atoms with Crippen molar-refractivity contribution in [2.75, 3.05) is 31.2 Å². The minimum absolute atomic E-state index is 0.0631. The molecule has 0 saturated carbocycles. The molecule has 4 aliphatic heterocycles. The number of aliphatic hydroxyl groups excluding tert-OH is 1. The van der Waals surface area contributed by atoms with E-state index in [9.17, 15) is 14.4 Å². The number of aliphatic hydroxyl groups is 1. The number of carbonyl (C=O) groups is 3. The summed E-state index contributed by atoms with van der Waals surface area (Å²) in [7, 11) is 0. The highest BCUT2D eigenvalue weighted by molar-refractivity contribution is 6.34. The van der Waals surface area contributed by atoms with Crippen LogP contribution in [0, 0.1) is 11.8 Å². The largest absolute Gasteiger partial charge is 0.461 e. The normalized spacial score (nSPS) is 33.8. The second-order valence-electron chi connectivity index (χ2n) is 9.65. The van der Waals surface area contributed by atoms with Gasteiger partial charge in [0.25, 0.3) is 5.91 Å². The Morgan fingerprint density at radius 3 is 2.63 bits per heavy atom. The Bertz CT molecular complexity index is 1110. The van der Waals surface area contributed by atoms with E-state index >= 15 is 0 Å². The van der Waals surface area contributed by atoms with Crippen LogP contribution in [0.1, 0.15) is 26.2 Å². The van der Waals surface area contributed by atoms with Gasteiger partial charge < -0.3 is 24.4 Å². The fourth-order valence-electron chi connectivity index (χ4n) is 6.05. The molecular weight excluding hydrogens is 472 g/mol. The smallest absolute Gasteiger partial charge is 0.313 e. The summed E-state index contributed by atoms with van der Waals surface area (Å²) in [5, 5.41) is 9.59. The van der Waals surface area contributed by atoms with Crippen molar-refractivity contribution in [1.29, 1.82) is 0 Å². The Hall–Kier alpha value is -2.68. The van der Waals surface area contributed by atoms with Gasteiger partial charge in [-0.2, -0.15) is 0 Å². The van der Waals surface area contributed by atoms with E-state index in [0.29, 0.717) is 36.5 Å². The number of likely N-dealkylation sites (tertiary alicyclic amines) is 1. The van der Waals surface area contributed by atoms with Crippen molar-refractivity contribution in [3.8, 4) is 0 Å². The molecule has 35 heavy (non-hydrogen) atoms. The molecule has 2 fully saturated rings. The molecule has 186 valence electrons. The summed E-state index contributed by atoms with van der Waals surface area (Å²) in [5.74, 6) is -2.86. The fraction of sp³-hybridized carbons (Fsp3) is 0.500. The van der Waals surface area contributed by atoms with Gasteiger partial charge in [0.1, 0.15) is 24.2 Å². The van der Waals surface area contributed by atoms with E-state index in [0.717, 1.165) is 0 Å². The highest BCUT2D eigenvalue weighted by Crippen LogP contribution is 2.57. The van der Waals surface area contributed by atoms with Gasteiger partial charge in [0, 0.05) is 19.7 Å². The van der Waals surface area contributed by atoms with Crippen LogP contribution in [0.25, 0.3) is 0 Å². The molecule has 0 bridgehead atoms. The number of amides is 2. The van der Waals surface area contributed by atoms with Crippen LogP contribution >= 0.6 is 11.6 Å². The van der Waals surface area contributed by atoms with Crippen molar-refractivity contribution in [3.05, 3.63) is 53.6 Å². The van der Waals surface area contributed by atoms with Gasteiger partial charge in [0.15, 0.2) is 0 Å². The first-order chi connectivity index (χ1) is 16.8. The highest BCUT2D eigenvalue weighted by atomic mass is 35.5. The Balaban J connectivity index is 1.60. The van der Waals surface area contributed by atoms with Crippen molar-refractivity contribution >= 4 is 35.1 Å². The van der Waals surface area contributed by atoms with E-state index in [1.807, 2.05) is 6.08 Å². The number of hydrogen-bond acceptors (Lipinski definition) is 6. The molecule has 1 aromatic carbocycles. The summed E-state index contributed by atoms with van der Waals surface area (Å²) in [6.45, 7) is 2.53. The molecule has 0 aromatic heterocycles. The number of esters is 1. The van der Waals surface area contributed by atoms with Crippen molar-refractivity contribution in [2.45, 2.75) is 43.4 Å². The number of rotatable bonds is 6. The van der Waals surface area contributed by atoms with Crippen molar-refractivity contribution in [2.24, 2.45) is 11.8 Å². The second-order valence-corrected chi connectivity index (χ2v) is 10.1. The summed E-state index contributed by atoms with van der Waals surface area (Å²) < 4.78 is 12.0. The summed E-state index contributed by atoms with van der Waals surface area (Å²) in [4.78, 5) is 44.4. The number of anilines is 1. The van der Waals surface area contributed by atoms with E-state index in [1.165, 1.54) is 0 Å². The van der Waals surface area contributed by atoms with Crippen LogP contribution in [-0.4, -0.2) is 71.3 Å². The molecule has 2 amide bonds. The third kappa shape index (κ3) is 3.70. The van der Waals surface area contributed by atoms with Gasteiger partial charge in [-0.15, -0.1) is 0 Å². The molecule has 5 atom stereocenters. The summed E-state index contributed by atoms with van der Waals surface area (Å²) >= 11 is 6.45. The monoisotopic (exact) mass is 500 g/mol. The number of unbranched alkanes of at least 4 members (excludes halogenated alkanes) is 2. The zero-order chi connectivity index (χ0) is 24.8. The van der Waals surface area contributed by atoms with Gasteiger partial charge in [-0.1, -0.05) is 42.0 Å². The molecule has 4 aliphatic rings. The third-order valence-electron chi connectivity index (χ3n) is 7.51. The Kier molecular flexibility index (Phi) is 6.23. The molecule has 0 aliphatic carbocycles. The topological polar surface area (TPSA) is 96.4 Å². The van der Waals surface area contributed by atoms with E-state index in [4.69, 9.17) is 26.2 Å². The average Bonchev–Trinajstić information content (AvgIpc) is 3.08. The van der Waals surface area contributed by atoms with Gasteiger partial charge >= 0.3 is 5.97 Å². The number of carbonyl (C=O) groups excluding carboxylic acids is 3. The maximum Gasteiger partial charge on any atom is 0.313 e. The second kappa shape index (κ2) is 9.08. The lowest BCUT2D eigenvalue weighted by Crippen LogP contribution is -2.56. The van der Waals surface area contributed by atoms with Crippen molar-refractivity contribution in [1.82, 2.24) is 4.90 Å². The number of cyclic esters (lactones) is 1. The molecule has 9 heteroatoms. The lowest BCUT2D eigenvalue weighted by Gasteiger charge is -2.37. The van der Waals surface area contributed by atoms with E-state index < -0.39 is 35.0 Å². The lowest BCUT2D eigenvalue weighted by atomic mass is 9.75. The van der Waals surface area contributed by atoms with Crippen LogP contribution < -0.4 is 4.90 Å².